The lowest BCUT2D eigenvalue weighted by molar-refractivity contribution is -0.147. The first-order chi connectivity index (χ1) is 8.42. The molecule has 1 heterocycles. The normalized spacial score (nSPS) is 11.2. The number of aryl methyl sites for hydroxylation is 1. The molecule has 1 aromatic heterocycles. The number of carboxylic acids is 1. The summed E-state index contributed by atoms with van der Waals surface area (Å²) in [6.07, 6.45) is 1.62. The van der Waals surface area contributed by atoms with Crippen LogP contribution >= 0.6 is 11.3 Å². The Kier molecular flexibility index (Phi) is 5.34. The predicted molar refractivity (Wildman–Crippen MR) is 71.7 cm³/mol. The SMILES string of the molecule is CC(C)(CCNC(=O)CCc1ccsc1)C(=O)O. The molecule has 4 nitrogen and oxygen atoms in total. The summed E-state index contributed by atoms with van der Waals surface area (Å²) < 4.78 is 0. The van der Waals surface area contributed by atoms with Crippen molar-refractivity contribution in [3.63, 3.8) is 0 Å². The fraction of sp³-hybridized carbons (Fsp3) is 0.538. The molecule has 0 aliphatic rings. The summed E-state index contributed by atoms with van der Waals surface area (Å²) in [5.41, 5.74) is 0.377. The van der Waals surface area contributed by atoms with E-state index in [1.807, 2.05) is 16.8 Å². The summed E-state index contributed by atoms with van der Waals surface area (Å²) in [4.78, 5) is 22.4. The van der Waals surface area contributed by atoms with Crippen LogP contribution in [0.5, 0.6) is 0 Å². The van der Waals surface area contributed by atoms with E-state index in [2.05, 4.69) is 5.32 Å². The lowest BCUT2D eigenvalue weighted by atomic mass is 9.90. The molecule has 0 aliphatic heterocycles. The van der Waals surface area contributed by atoms with Crippen molar-refractivity contribution in [2.75, 3.05) is 6.54 Å². The molecule has 1 rings (SSSR count). The van der Waals surface area contributed by atoms with Crippen LogP contribution in [0.1, 0.15) is 32.3 Å². The van der Waals surface area contributed by atoms with E-state index in [0.717, 1.165) is 6.42 Å². The number of carboxylic acid groups (broad SMARTS) is 1. The first-order valence-electron chi connectivity index (χ1n) is 5.93. The van der Waals surface area contributed by atoms with Gasteiger partial charge >= 0.3 is 5.97 Å². The molecule has 0 unspecified atom stereocenters. The standard InChI is InChI=1S/C13H19NO3S/c1-13(2,12(16)17)6-7-14-11(15)4-3-10-5-8-18-9-10/h5,8-9H,3-4,6-7H2,1-2H3,(H,14,15)(H,16,17). The molecule has 1 amide bonds. The second-order valence-electron chi connectivity index (χ2n) is 4.92. The van der Waals surface area contributed by atoms with Gasteiger partial charge in [0.1, 0.15) is 0 Å². The summed E-state index contributed by atoms with van der Waals surface area (Å²) >= 11 is 1.62. The summed E-state index contributed by atoms with van der Waals surface area (Å²) in [6.45, 7) is 3.72. The minimum atomic E-state index is -0.838. The van der Waals surface area contributed by atoms with Crippen molar-refractivity contribution in [2.24, 2.45) is 5.41 Å². The zero-order valence-corrected chi connectivity index (χ0v) is 11.5. The lowest BCUT2D eigenvalue weighted by Gasteiger charge is -2.18. The molecule has 0 aliphatic carbocycles. The summed E-state index contributed by atoms with van der Waals surface area (Å²) in [7, 11) is 0. The van der Waals surface area contributed by atoms with E-state index in [1.165, 1.54) is 5.56 Å². The monoisotopic (exact) mass is 269 g/mol. The number of amides is 1. The van der Waals surface area contributed by atoms with Gasteiger partial charge in [-0.25, -0.2) is 0 Å². The molecule has 0 saturated heterocycles. The molecule has 0 fully saturated rings. The predicted octanol–water partition coefficient (Wildman–Crippen LogP) is 2.30. The highest BCUT2D eigenvalue weighted by Crippen LogP contribution is 2.19. The topological polar surface area (TPSA) is 66.4 Å². The third-order valence-electron chi connectivity index (χ3n) is 2.87. The molecule has 0 bridgehead atoms. The zero-order valence-electron chi connectivity index (χ0n) is 10.7. The number of carbonyl (C=O) groups is 2. The van der Waals surface area contributed by atoms with Crippen LogP contribution < -0.4 is 5.32 Å². The van der Waals surface area contributed by atoms with Gasteiger partial charge in [-0.2, -0.15) is 11.3 Å². The Labute approximate surface area is 111 Å². The second-order valence-corrected chi connectivity index (χ2v) is 5.70. The van der Waals surface area contributed by atoms with Gasteiger partial charge in [0.25, 0.3) is 0 Å². The molecule has 0 aromatic carbocycles. The number of rotatable bonds is 7. The third kappa shape index (κ3) is 4.87. The van der Waals surface area contributed by atoms with Crippen molar-refractivity contribution in [2.45, 2.75) is 33.1 Å². The number of nitrogens with one attached hydrogen (secondary N) is 1. The van der Waals surface area contributed by atoms with Gasteiger partial charge in [0.15, 0.2) is 0 Å². The van der Waals surface area contributed by atoms with Crippen molar-refractivity contribution in [3.05, 3.63) is 22.4 Å². The minimum Gasteiger partial charge on any atom is -0.481 e. The highest BCUT2D eigenvalue weighted by Gasteiger charge is 2.26. The van der Waals surface area contributed by atoms with Crippen LogP contribution in [0.3, 0.4) is 0 Å². The maximum atomic E-state index is 11.5. The first-order valence-corrected chi connectivity index (χ1v) is 6.87. The Morgan fingerprint density at radius 3 is 2.72 bits per heavy atom. The molecule has 0 saturated carbocycles. The van der Waals surface area contributed by atoms with E-state index in [0.29, 0.717) is 19.4 Å². The Morgan fingerprint density at radius 2 is 2.17 bits per heavy atom. The van der Waals surface area contributed by atoms with E-state index in [9.17, 15) is 9.59 Å². The Morgan fingerprint density at radius 1 is 1.44 bits per heavy atom. The van der Waals surface area contributed by atoms with Gasteiger partial charge in [0.05, 0.1) is 5.41 Å². The average Bonchev–Trinajstić information content (AvgIpc) is 2.78. The van der Waals surface area contributed by atoms with Crippen LogP contribution in [-0.4, -0.2) is 23.5 Å². The van der Waals surface area contributed by atoms with Gasteiger partial charge in [-0.15, -0.1) is 0 Å². The Balaban J connectivity index is 2.20. The number of hydrogen-bond acceptors (Lipinski definition) is 3. The molecule has 1 aromatic rings. The largest absolute Gasteiger partial charge is 0.481 e. The van der Waals surface area contributed by atoms with E-state index >= 15 is 0 Å². The summed E-state index contributed by atoms with van der Waals surface area (Å²) in [5, 5.41) is 15.7. The fourth-order valence-corrected chi connectivity index (χ4v) is 2.11. The lowest BCUT2D eigenvalue weighted by Crippen LogP contribution is -2.32. The average molecular weight is 269 g/mol. The minimum absolute atomic E-state index is 0.0256. The van der Waals surface area contributed by atoms with Gasteiger partial charge in [-0.3, -0.25) is 9.59 Å². The van der Waals surface area contributed by atoms with Crippen molar-refractivity contribution >= 4 is 23.2 Å². The number of carbonyl (C=O) groups excluding carboxylic acids is 1. The number of hydrogen-bond donors (Lipinski definition) is 2. The van der Waals surface area contributed by atoms with Crippen molar-refractivity contribution < 1.29 is 14.7 Å². The summed E-state index contributed by atoms with van der Waals surface area (Å²) in [6, 6.07) is 2.01. The highest BCUT2D eigenvalue weighted by atomic mass is 32.1. The van der Waals surface area contributed by atoms with E-state index < -0.39 is 11.4 Å². The van der Waals surface area contributed by atoms with Crippen LogP contribution in [0.15, 0.2) is 16.8 Å². The summed E-state index contributed by atoms with van der Waals surface area (Å²) in [5.74, 6) is -0.864. The smallest absolute Gasteiger partial charge is 0.309 e. The van der Waals surface area contributed by atoms with E-state index in [1.54, 1.807) is 25.2 Å². The molecule has 100 valence electrons. The highest BCUT2D eigenvalue weighted by molar-refractivity contribution is 7.07. The van der Waals surface area contributed by atoms with E-state index in [4.69, 9.17) is 5.11 Å². The molecule has 5 heteroatoms. The third-order valence-corrected chi connectivity index (χ3v) is 3.60. The molecule has 18 heavy (non-hydrogen) atoms. The van der Waals surface area contributed by atoms with E-state index in [-0.39, 0.29) is 5.91 Å². The molecule has 0 spiro atoms. The van der Waals surface area contributed by atoms with Gasteiger partial charge < -0.3 is 10.4 Å². The van der Waals surface area contributed by atoms with Crippen molar-refractivity contribution in [1.29, 1.82) is 0 Å². The van der Waals surface area contributed by atoms with Crippen LogP contribution in [-0.2, 0) is 16.0 Å². The zero-order chi connectivity index (χ0) is 13.6. The van der Waals surface area contributed by atoms with Crippen LogP contribution in [0.2, 0.25) is 0 Å². The molecule has 0 radical (unpaired) electrons. The van der Waals surface area contributed by atoms with Gasteiger partial charge in [-0.05, 0) is 49.1 Å². The van der Waals surface area contributed by atoms with Crippen LogP contribution in [0.4, 0.5) is 0 Å². The van der Waals surface area contributed by atoms with Gasteiger partial charge in [-0.1, -0.05) is 0 Å². The molecular weight excluding hydrogens is 250 g/mol. The first kappa shape index (κ1) is 14.7. The van der Waals surface area contributed by atoms with Crippen LogP contribution in [0.25, 0.3) is 0 Å². The molecular formula is C13H19NO3S. The molecule has 0 atom stereocenters. The van der Waals surface area contributed by atoms with Gasteiger partial charge in [0, 0.05) is 13.0 Å². The maximum absolute atomic E-state index is 11.5. The van der Waals surface area contributed by atoms with Crippen LogP contribution in [0, 0.1) is 5.41 Å². The Hall–Kier alpha value is -1.36. The molecule has 2 N–H and O–H groups in total. The number of thiophene rings is 1. The number of aliphatic carboxylic acids is 1. The quantitative estimate of drug-likeness (QED) is 0.798. The van der Waals surface area contributed by atoms with Gasteiger partial charge in [0.2, 0.25) is 5.91 Å². The second kappa shape index (κ2) is 6.54. The Bertz CT molecular complexity index is 398. The van der Waals surface area contributed by atoms with Crippen molar-refractivity contribution in [3.8, 4) is 0 Å². The maximum Gasteiger partial charge on any atom is 0.309 e. The fourth-order valence-electron chi connectivity index (χ4n) is 1.40. The van der Waals surface area contributed by atoms with Crippen molar-refractivity contribution in [1.82, 2.24) is 5.32 Å².